The summed E-state index contributed by atoms with van der Waals surface area (Å²) in [7, 11) is 0. The van der Waals surface area contributed by atoms with Gasteiger partial charge in [-0.25, -0.2) is 4.79 Å². The van der Waals surface area contributed by atoms with Gasteiger partial charge in [0.2, 0.25) is 47.3 Å². The van der Waals surface area contributed by atoms with Crippen molar-refractivity contribution in [3.05, 3.63) is 0 Å². The fourth-order valence-electron chi connectivity index (χ4n) is 5.03. The molecular formula is C34H65N21O10. The topological polar surface area (TPSA) is 554 Å². The Hall–Kier alpha value is -7.73. The maximum Gasteiger partial charge on any atom is 0.326 e. The Kier molecular flexibility index (Phi) is 29.0. The molecule has 0 saturated carbocycles. The summed E-state index contributed by atoms with van der Waals surface area (Å²) in [6.07, 6.45) is 1.15. The molecule has 366 valence electrons. The number of aliphatic carboxylic acids is 1. The van der Waals surface area contributed by atoms with E-state index in [2.05, 4.69) is 62.5 Å². The van der Waals surface area contributed by atoms with Crippen LogP contribution in [0.5, 0.6) is 0 Å². The van der Waals surface area contributed by atoms with Gasteiger partial charge >= 0.3 is 5.97 Å². The van der Waals surface area contributed by atoms with Crippen molar-refractivity contribution >= 4 is 77.1 Å². The van der Waals surface area contributed by atoms with E-state index in [1.807, 2.05) is 0 Å². The van der Waals surface area contributed by atoms with Crippen molar-refractivity contribution in [3.8, 4) is 0 Å². The first-order valence-electron chi connectivity index (χ1n) is 20.1. The SMILES string of the molecule is NC(N)=NCCC[C@H](NC(=O)[C@H](CCCN=C(N)N)NC(=O)CNC(=O)CNC(=O)[C@H](CCCN=C(N)N)NC(=O)CNC(=O)CNC(=O)CNC(=O)[C@@H](N)CCCN=C(N)N)C(=O)O. The molecule has 4 atom stereocenters. The number of nitrogens with two attached hydrogens (primary N) is 9. The van der Waals surface area contributed by atoms with Gasteiger partial charge in [-0.1, -0.05) is 0 Å². The third-order valence-corrected chi connectivity index (χ3v) is 8.24. The van der Waals surface area contributed by atoms with Crippen LogP contribution < -0.4 is 94.1 Å². The minimum absolute atomic E-state index is 0.0281. The van der Waals surface area contributed by atoms with Gasteiger partial charge in [0.25, 0.3) is 0 Å². The monoisotopic (exact) mass is 928 g/mol. The summed E-state index contributed by atoms with van der Waals surface area (Å²) in [4.78, 5) is 128. The molecule has 0 rings (SSSR count). The number of carboxylic acid groups (broad SMARTS) is 1. The molecule has 0 aliphatic heterocycles. The number of carbonyl (C=O) groups excluding carboxylic acids is 8. The normalized spacial score (nSPS) is 12.1. The minimum atomic E-state index is -1.35. The fourth-order valence-corrected chi connectivity index (χ4v) is 5.03. The molecule has 0 aliphatic rings. The number of rotatable bonds is 33. The van der Waals surface area contributed by atoms with E-state index in [4.69, 9.17) is 51.6 Å². The molecule has 0 aromatic rings. The van der Waals surface area contributed by atoms with Crippen LogP contribution in [0.15, 0.2) is 20.0 Å². The summed E-state index contributed by atoms with van der Waals surface area (Å²) in [6.45, 7) is -2.50. The van der Waals surface area contributed by atoms with Gasteiger partial charge in [-0.2, -0.15) is 0 Å². The Morgan fingerprint density at radius 1 is 0.385 bits per heavy atom. The van der Waals surface area contributed by atoms with Gasteiger partial charge in [0.15, 0.2) is 23.8 Å². The lowest BCUT2D eigenvalue weighted by atomic mass is 10.1. The third kappa shape index (κ3) is 30.9. The zero-order valence-electron chi connectivity index (χ0n) is 35.9. The summed E-state index contributed by atoms with van der Waals surface area (Å²) in [5, 5.41) is 28.2. The molecule has 0 aromatic carbocycles. The molecule has 0 unspecified atom stereocenters. The van der Waals surface area contributed by atoms with Crippen molar-refractivity contribution in [3.63, 3.8) is 0 Å². The predicted molar refractivity (Wildman–Crippen MR) is 236 cm³/mol. The van der Waals surface area contributed by atoms with Crippen molar-refractivity contribution in [2.24, 2.45) is 71.6 Å². The van der Waals surface area contributed by atoms with Crippen molar-refractivity contribution in [2.75, 3.05) is 58.9 Å². The second-order valence-corrected chi connectivity index (χ2v) is 13.8. The molecule has 0 radical (unpaired) electrons. The third-order valence-electron chi connectivity index (χ3n) is 8.24. The lowest BCUT2D eigenvalue weighted by molar-refractivity contribution is -0.142. The number of carbonyl (C=O) groups is 9. The van der Waals surface area contributed by atoms with E-state index in [1.165, 1.54) is 0 Å². The fraction of sp³-hybridized carbons (Fsp3) is 0.618. The molecule has 0 fully saturated rings. The maximum atomic E-state index is 13.1. The highest BCUT2D eigenvalue weighted by Crippen LogP contribution is 2.04. The number of hydrogen-bond acceptors (Lipinski definition) is 14. The number of carboxylic acids is 1. The van der Waals surface area contributed by atoms with Crippen LogP contribution in [0.1, 0.15) is 51.4 Å². The molecule has 8 amide bonds. The van der Waals surface area contributed by atoms with Crippen LogP contribution in [0.4, 0.5) is 0 Å². The summed E-state index contributed by atoms with van der Waals surface area (Å²) in [5.41, 5.74) is 48.1. The van der Waals surface area contributed by atoms with E-state index < -0.39 is 110 Å². The molecule has 31 nitrogen and oxygen atoms in total. The Labute approximate surface area is 373 Å². The standard InChI is InChI=1S/C34H65N21O10/c35-18(5-1-9-44-31(36)37)27(61)51-14-23(57)48-13-22(56)49-16-25(59)53-19(6-2-10-45-32(38)39)28(62)52-15-24(58)50-17-26(60)54-20(7-3-11-46-33(40)41)29(63)55-21(30(64)65)8-4-12-47-34(42)43/h18-21H,1-17,35H2,(H,48,57)(H,49,56)(H,50,58)(H,51,61)(H,52,62)(H,53,59)(H,54,60)(H,55,63)(H,64,65)(H4,36,37,44)(H4,38,39,45)(H4,40,41,46)(H4,42,43,47)/t18-,19-,20-,21-/m0/s1. The van der Waals surface area contributed by atoms with Crippen LogP contribution in [0.25, 0.3) is 0 Å². The van der Waals surface area contributed by atoms with Crippen molar-refractivity contribution < 1.29 is 48.3 Å². The molecule has 0 aliphatic carbocycles. The van der Waals surface area contributed by atoms with Crippen LogP contribution >= 0.6 is 0 Å². The maximum absolute atomic E-state index is 13.1. The van der Waals surface area contributed by atoms with Crippen molar-refractivity contribution in [2.45, 2.75) is 75.5 Å². The molecule has 0 heterocycles. The Morgan fingerprint density at radius 2 is 0.692 bits per heavy atom. The van der Waals surface area contributed by atoms with Gasteiger partial charge in [0.1, 0.15) is 18.1 Å². The van der Waals surface area contributed by atoms with Crippen LogP contribution in [0.3, 0.4) is 0 Å². The number of amides is 8. The van der Waals surface area contributed by atoms with Crippen molar-refractivity contribution in [1.29, 1.82) is 0 Å². The van der Waals surface area contributed by atoms with Crippen LogP contribution in [0.2, 0.25) is 0 Å². The molecular weight excluding hydrogens is 863 g/mol. The van der Waals surface area contributed by atoms with Gasteiger partial charge in [-0.15, -0.1) is 0 Å². The van der Waals surface area contributed by atoms with Gasteiger partial charge in [-0.05, 0) is 51.4 Å². The van der Waals surface area contributed by atoms with Gasteiger partial charge in [0, 0.05) is 26.2 Å². The lowest BCUT2D eigenvalue weighted by Gasteiger charge is -2.21. The van der Waals surface area contributed by atoms with E-state index in [0.717, 1.165) is 0 Å². The lowest BCUT2D eigenvalue weighted by Crippen LogP contribution is -2.54. The van der Waals surface area contributed by atoms with E-state index >= 15 is 0 Å². The van der Waals surface area contributed by atoms with Crippen LogP contribution in [0, 0.1) is 0 Å². The van der Waals surface area contributed by atoms with Gasteiger partial charge in [0.05, 0.1) is 38.8 Å². The second kappa shape index (κ2) is 32.9. The predicted octanol–water partition coefficient (Wildman–Crippen LogP) is -10.4. The Balaban J connectivity index is 5.21. The first kappa shape index (κ1) is 57.3. The minimum Gasteiger partial charge on any atom is -0.480 e. The molecule has 31 heteroatoms. The van der Waals surface area contributed by atoms with Crippen LogP contribution in [-0.4, -0.2) is 165 Å². The Morgan fingerprint density at radius 3 is 1.06 bits per heavy atom. The zero-order valence-corrected chi connectivity index (χ0v) is 35.9. The summed E-state index contributed by atoms with van der Waals surface area (Å²) >= 11 is 0. The van der Waals surface area contributed by atoms with E-state index in [-0.39, 0.29) is 95.0 Å². The molecule has 0 spiro atoms. The number of nitrogens with zero attached hydrogens (tertiary/aromatic N) is 4. The molecule has 65 heavy (non-hydrogen) atoms. The molecule has 0 saturated heterocycles. The molecule has 0 bridgehead atoms. The van der Waals surface area contributed by atoms with E-state index in [0.29, 0.717) is 6.42 Å². The number of hydrogen-bond donors (Lipinski definition) is 18. The smallest absolute Gasteiger partial charge is 0.326 e. The molecule has 0 aromatic heterocycles. The summed E-state index contributed by atoms with van der Waals surface area (Å²) in [6, 6.07) is -4.82. The quantitative estimate of drug-likeness (QED) is 0.0165. The first-order valence-corrected chi connectivity index (χ1v) is 20.1. The number of aliphatic imine (C=N–C) groups is 4. The van der Waals surface area contributed by atoms with Gasteiger partial charge in [-0.3, -0.25) is 58.3 Å². The van der Waals surface area contributed by atoms with E-state index in [9.17, 15) is 48.3 Å². The second-order valence-electron chi connectivity index (χ2n) is 13.8. The highest BCUT2D eigenvalue weighted by atomic mass is 16.4. The first-order chi connectivity index (χ1) is 30.6. The van der Waals surface area contributed by atoms with E-state index in [1.54, 1.807) is 0 Å². The number of nitrogens with one attached hydrogen (secondary N) is 8. The largest absolute Gasteiger partial charge is 0.480 e. The highest BCUT2D eigenvalue weighted by molar-refractivity contribution is 5.95. The summed E-state index contributed by atoms with van der Waals surface area (Å²) < 4.78 is 0. The Bertz CT molecular complexity index is 1720. The number of guanidine groups is 4. The average Bonchev–Trinajstić information content (AvgIpc) is 3.23. The van der Waals surface area contributed by atoms with Gasteiger partial charge < -0.3 is 99.2 Å². The van der Waals surface area contributed by atoms with Crippen molar-refractivity contribution in [1.82, 2.24) is 42.5 Å². The summed E-state index contributed by atoms with van der Waals surface area (Å²) in [5.74, 6) is -8.40. The van der Waals surface area contributed by atoms with Crippen LogP contribution in [-0.2, 0) is 43.2 Å². The zero-order chi connectivity index (χ0) is 49.3. The average molecular weight is 928 g/mol. The molecule has 27 N–H and O–H groups in total. The highest BCUT2D eigenvalue weighted by Gasteiger charge is 2.27.